The van der Waals surface area contributed by atoms with Crippen LogP contribution in [0.3, 0.4) is 0 Å². The number of halogens is 3. The van der Waals surface area contributed by atoms with Crippen molar-refractivity contribution in [2.24, 2.45) is 0 Å². The number of nitrogens with zero attached hydrogens (tertiary/aromatic N) is 3. The standard InChI is InChI=1S/C17H14BrF2N3O5S/c18-13-3-1-11(9-16(13)23(25)26)17(24)21-5-7-22(8-6-21)29(27,28)12-2-4-14(19)15(20)10-12/h1-4,9-10H,5-8H2. The lowest BCUT2D eigenvalue weighted by Gasteiger charge is -2.34. The zero-order valence-electron chi connectivity index (χ0n) is 14.7. The summed E-state index contributed by atoms with van der Waals surface area (Å²) in [7, 11) is -4.05. The van der Waals surface area contributed by atoms with Gasteiger partial charge in [0.25, 0.3) is 11.6 Å². The topological polar surface area (TPSA) is 101 Å². The molecule has 0 saturated carbocycles. The Labute approximate surface area is 173 Å². The molecule has 3 rings (SSSR count). The number of benzene rings is 2. The van der Waals surface area contributed by atoms with Gasteiger partial charge in [-0.3, -0.25) is 14.9 Å². The molecule has 0 atom stereocenters. The predicted octanol–water partition coefficient (Wildman–Crippen LogP) is 2.78. The molecule has 0 aromatic heterocycles. The van der Waals surface area contributed by atoms with E-state index in [2.05, 4.69) is 15.9 Å². The predicted molar refractivity (Wildman–Crippen MR) is 102 cm³/mol. The molecule has 1 amide bonds. The van der Waals surface area contributed by atoms with Crippen LogP contribution in [0.5, 0.6) is 0 Å². The van der Waals surface area contributed by atoms with Gasteiger partial charge < -0.3 is 4.90 Å². The van der Waals surface area contributed by atoms with Gasteiger partial charge in [-0.05, 0) is 46.3 Å². The lowest BCUT2D eigenvalue weighted by molar-refractivity contribution is -0.385. The highest BCUT2D eigenvalue weighted by Crippen LogP contribution is 2.27. The summed E-state index contributed by atoms with van der Waals surface area (Å²) in [6.45, 7) is -0.00537. The molecule has 0 unspecified atom stereocenters. The number of hydrogen-bond donors (Lipinski definition) is 0. The van der Waals surface area contributed by atoms with Crippen LogP contribution in [0.25, 0.3) is 0 Å². The van der Waals surface area contributed by atoms with Gasteiger partial charge in [0.1, 0.15) is 0 Å². The first-order valence-electron chi connectivity index (χ1n) is 8.29. The van der Waals surface area contributed by atoms with Crippen molar-refractivity contribution in [2.45, 2.75) is 4.90 Å². The normalized spacial score (nSPS) is 15.3. The second kappa shape index (κ2) is 8.13. The van der Waals surface area contributed by atoms with Crippen LogP contribution in [-0.4, -0.2) is 54.6 Å². The monoisotopic (exact) mass is 489 g/mol. The molecule has 1 heterocycles. The van der Waals surface area contributed by atoms with Crippen molar-refractivity contribution >= 4 is 37.5 Å². The van der Waals surface area contributed by atoms with Crippen LogP contribution in [0.2, 0.25) is 0 Å². The molecule has 2 aromatic rings. The Balaban J connectivity index is 1.73. The van der Waals surface area contributed by atoms with E-state index in [0.717, 1.165) is 22.5 Å². The molecule has 1 aliphatic rings. The molecule has 0 aliphatic carbocycles. The van der Waals surface area contributed by atoms with Crippen LogP contribution >= 0.6 is 15.9 Å². The maximum absolute atomic E-state index is 13.4. The largest absolute Gasteiger partial charge is 0.336 e. The minimum atomic E-state index is -4.05. The van der Waals surface area contributed by atoms with Gasteiger partial charge in [-0.15, -0.1) is 0 Å². The van der Waals surface area contributed by atoms with Gasteiger partial charge in [-0.25, -0.2) is 17.2 Å². The first-order valence-corrected chi connectivity index (χ1v) is 10.5. The van der Waals surface area contributed by atoms with E-state index in [-0.39, 0.29) is 46.8 Å². The van der Waals surface area contributed by atoms with Gasteiger partial charge in [0.15, 0.2) is 11.6 Å². The Bertz CT molecular complexity index is 1090. The minimum Gasteiger partial charge on any atom is -0.336 e. The Hall–Kier alpha value is -2.44. The maximum Gasteiger partial charge on any atom is 0.284 e. The molecular weight excluding hydrogens is 476 g/mol. The Kier molecular flexibility index (Phi) is 5.96. The molecule has 154 valence electrons. The quantitative estimate of drug-likeness (QED) is 0.485. The Morgan fingerprint density at radius 3 is 2.28 bits per heavy atom. The van der Waals surface area contributed by atoms with Crippen molar-refractivity contribution in [3.8, 4) is 0 Å². The average molecular weight is 490 g/mol. The number of amides is 1. The highest BCUT2D eigenvalue weighted by atomic mass is 79.9. The first-order chi connectivity index (χ1) is 13.6. The summed E-state index contributed by atoms with van der Waals surface area (Å²) < 4.78 is 53.0. The van der Waals surface area contributed by atoms with Crippen LogP contribution < -0.4 is 0 Å². The second-order valence-corrected chi connectivity index (χ2v) is 8.99. The fourth-order valence-corrected chi connectivity index (χ4v) is 4.71. The number of nitro groups is 1. The lowest BCUT2D eigenvalue weighted by atomic mass is 10.1. The van der Waals surface area contributed by atoms with Gasteiger partial charge in [0.05, 0.1) is 14.3 Å². The molecule has 1 saturated heterocycles. The van der Waals surface area contributed by atoms with Gasteiger partial charge in [0, 0.05) is 37.8 Å². The van der Waals surface area contributed by atoms with Gasteiger partial charge in [-0.2, -0.15) is 4.31 Å². The number of carbonyl (C=O) groups is 1. The van der Waals surface area contributed by atoms with Crippen molar-refractivity contribution in [3.63, 3.8) is 0 Å². The van der Waals surface area contributed by atoms with Crippen LogP contribution in [-0.2, 0) is 10.0 Å². The second-order valence-electron chi connectivity index (χ2n) is 6.20. The van der Waals surface area contributed by atoms with Crippen LogP contribution in [0.4, 0.5) is 14.5 Å². The fraction of sp³-hybridized carbons (Fsp3) is 0.235. The van der Waals surface area contributed by atoms with E-state index >= 15 is 0 Å². The number of nitro benzene ring substituents is 1. The smallest absolute Gasteiger partial charge is 0.284 e. The van der Waals surface area contributed by atoms with E-state index in [4.69, 9.17) is 0 Å². The van der Waals surface area contributed by atoms with E-state index in [1.807, 2.05) is 0 Å². The van der Waals surface area contributed by atoms with E-state index < -0.39 is 32.5 Å². The van der Waals surface area contributed by atoms with Gasteiger partial charge in [0.2, 0.25) is 10.0 Å². The molecule has 29 heavy (non-hydrogen) atoms. The average Bonchev–Trinajstić information content (AvgIpc) is 2.69. The SMILES string of the molecule is O=C(c1ccc(Br)c([N+](=O)[O-])c1)N1CCN(S(=O)(=O)c2ccc(F)c(F)c2)CC1. The number of carbonyl (C=O) groups excluding carboxylic acids is 1. The zero-order chi connectivity index (χ0) is 21.3. The summed E-state index contributed by atoms with van der Waals surface area (Å²) in [5.41, 5.74) is -0.146. The minimum absolute atomic E-state index is 0.0472. The highest BCUT2D eigenvalue weighted by Gasteiger charge is 2.31. The zero-order valence-corrected chi connectivity index (χ0v) is 17.1. The van der Waals surface area contributed by atoms with Crippen molar-refractivity contribution in [1.82, 2.24) is 9.21 Å². The summed E-state index contributed by atoms with van der Waals surface area (Å²) in [5, 5.41) is 11.0. The molecule has 0 bridgehead atoms. The molecule has 2 aromatic carbocycles. The number of sulfonamides is 1. The molecule has 0 spiro atoms. The van der Waals surface area contributed by atoms with E-state index in [1.54, 1.807) is 0 Å². The Morgan fingerprint density at radius 2 is 1.69 bits per heavy atom. The van der Waals surface area contributed by atoms with E-state index in [0.29, 0.717) is 6.07 Å². The third-order valence-electron chi connectivity index (χ3n) is 4.44. The highest BCUT2D eigenvalue weighted by molar-refractivity contribution is 9.10. The molecule has 1 aliphatic heterocycles. The third kappa shape index (κ3) is 4.28. The van der Waals surface area contributed by atoms with Gasteiger partial charge in [-0.1, -0.05) is 0 Å². The number of hydrogen-bond acceptors (Lipinski definition) is 5. The molecule has 12 heteroatoms. The summed E-state index contributed by atoms with van der Waals surface area (Å²) in [4.78, 5) is 24.0. The van der Waals surface area contributed by atoms with Crippen molar-refractivity contribution in [1.29, 1.82) is 0 Å². The summed E-state index contributed by atoms with van der Waals surface area (Å²) in [6.07, 6.45) is 0. The number of rotatable bonds is 4. The molecule has 0 N–H and O–H groups in total. The van der Waals surface area contributed by atoms with Crippen LogP contribution in [0.15, 0.2) is 45.8 Å². The summed E-state index contributed by atoms with van der Waals surface area (Å²) in [6, 6.07) is 6.31. The third-order valence-corrected chi connectivity index (χ3v) is 7.01. The summed E-state index contributed by atoms with van der Waals surface area (Å²) >= 11 is 3.05. The van der Waals surface area contributed by atoms with Gasteiger partial charge >= 0.3 is 0 Å². The maximum atomic E-state index is 13.4. The van der Waals surface area contributed by atoms with E-state index in [1.165, 1.54) is 17.0 Å². The Morgan fingerprint density at radius 1 is 1.03 bits per heavy atom. The van der Waals surface area contributed by atoms with Crippen molar-refractivity contribution < 1.29 is 26.9 Å². The molecule has 8 nitrogen and oxygen atoms in total. The lowest BCUT2D eigenvalue weighted by Crippen LogP contribution is -2.50. The molecule has 0 radical (unpaired) electrons. The number of piperazine rings is 1. The first kappa shape index (κ1) is 21.3. The van der Waals surface area contributed by atoms with E-state index in [9.17, 15) is 32.1 Å². The molecular formula is C17H14BrF2N3O5S. The van der Waals surface area contributed by atoms with Crippen LogP contribution in [0, 0.1) is 21.7 Å². The molecule has 1 fully saturated rings. The van der Waals surface area contributed by atoms with Crippen LogP contribution in [0.1, 0.15) is 10.4 Å². The van der Waals surface area contributed by atoms with Crippen molar-refractivity contribution in [2.75, 3.05) is 26.2 Å². The van der Waals surface area contributed by atoms with Crippen molar-refractivity contribution in [3.05, 3.63) is 68.2 Å². The summed E-state index contributed by atoms with van der Waals surface area (Å²) in [5.74, 6) is -2.88. The fourth-order valence-electron chi connectivity index (χ4n) is 2.89.